The van der Waals surface area contributed by atoms with Crippen molar-refractivity contribution < 1.29 is 13.2 Å². The van der Waals surface area contributed by atoms with Gasteiger partial charge < -0.3 is 4.90 Å². The van der Waals surface area contributed by atoms with Crippen LogP contribution in [0.2, 0.25) is 0 Å². The van der Waals surface area contributed by atoms with Gasteiger partial charge in [-0.2, -0.15) is 31.8 Å². The van der Waals surface area contributed by atoms with Crippen LogP contribution in [0, 0.1) is 12.8 Å². The first-order valence-electron chi connectivity index (χ1n) is 12.8. The molecule has 0 aromatic heterocycles. The monoisotopic (exact) mass is 564 g/mol. The van der Waals surface area contributed by atoms with Gasteiger partial charge in [0, 0.05) is 36.0 Å². The summed E-state index contributed by atoms with van der Waals surface area (Å²) in [4.78, 5) is 2.95. The summed E-state index contributed by atoms with van der Waals surface area (Å²) < 4.78 is 43.4. The highest BCUT2D eigenvalue weighted by Gasteiger charge is 2.38. The zero-order chi connectivity index (χ0) is 28.5. The van der Waals surface area contributed by atoms with Gasteiger partial charge in [0.1, 0.15) is 0 Å². The van der Waals surface area contributed by atoms with Crippen LogP contribution in [0.5, 0.6) is 0 Å². The van der Waals surface area contributed by atoms with E-state index in [9.17, 15) is 13.2 Å². The van der Waals surface area contributed by atoms with E-state index >= 15 is 0 Å². The van der Waals surface area contributed by atoms with Gasteiger partial charge in [0.15, 0.2) is 0 Å². The van der Waals surface area contributed by atoms with Crippen molar-refractivity contribution in [2.75, 3.05) is 19.3 Å². The van der Waals surface area contributed by atoms with Crippen molar-refractivity contribution in [3.05, 3.63) is 77.5 Å². The van der Waals surface area contributed by atoms with Gasteiger partial charge in [-0.25, -0.2) is 0 Å². The lowest BCUT2D eigenvalue weighted by Gasteiger charge is -2.46. The highest BCUT2D eigenvalue weighted by Crippen LogP contribution is 2.52. The van der Waals surface area contributed by atoms with Crippen molar-refractivity contribution in [2.45, 2.75) is 61.9 Å². The van der Waals surface area contributed by atoms with Crippen LogP contribution in [0.25, 0.3) is 0 Å². The van der Waals surface area contributed by atoms with E-state index in [4.69, 9.17) is 0 Å². The normalized spacial score (nSPS) is 16.9. The summed E-state index contributed by atoms with van der Waals surface area (Å²) in [6.45, 7) is 12.5. The molecule has 0 spiro atoms. The minimum Gasteiger partial charge on any atom is -0.375 e. The van der Waals surface area contributed by atoms with Crippen LogP contribution in [0.1, 0.15) is 55.8 Å². The van der Waals surface area contributed by atoms with Gasteiger partial charge in [0.25, 0.3) is 0 Å². The summed E-state index contributed by atoms with van der Waals surface area (Å²) >= 11 is 0. The van der Waals surface area contributed by atoms with Gasteiger partial charge >= 0.3 is 6.18 Å². The molecule has 2 aromatic carbocycles. The molecular formula is C31H43F3N2S2. The molecule has 2 aromatic rings. The number of benzene rings is 2. The first-order valence-corrected chi connectivity index (χ1v) is 17.1. The highest BCUT2D eigenvalue weighted by molar-refractivity contribution is 8.28. The predicted molar refractivity (Wildman–Crippen MR) is 168 cm³/mol. The first-order chi connectivity index (χ1) is 17.4. The van der Waals surface area contributed by atoms with E-state index in [1.165, 1.54) is 23.3 Å². The van der Waals surface area contributed by atoms with Crippen molar-refractivity contribution in [3.63, 3.8) is 0 Å². The Morgan fingerprint density at radius 1 is 1.03 bits per heavy atom. The number of piperidine rings is 1. The third-order valence-corrected chi connectivity index (χ3v) is 12.2. The van der Waals surface area contributed by atoms with Gasteiger partial charge in [0.2, 0.25) is 0 Å². The van der Waals surface area contributed by atoms with E-state index in [1.807, 2.05) is 6.26 Å². The molecule has 0 amide bonds. The average Bonchev–Trinajstić information content (AvgIpc) is 2.82. The van der Waals surface area contributed by atoms with Gasteiger partial charge in [-0.15, -0.1) is 0 Å². The van der Waals surface area contributed by atoms with E-state index in [-0.39, 0.29) is 10.8 Å². The summed E-state index contributed by atoms with van der Waals surface area (Å²) in [5, 5.41) is 0. The van der Waals surface area contributed by atoms with Gasteiger partial charge in [0.05, 0.1) is 5.56 Å². The Morgan fingerprint density at radius 3 is 2.13 bits per heavy atom. The lowest BCUT2D eigenvalue weighted by molar-refractivity contribution is -0.137. The fraction of sp³-hybridized carbons (Fsp3) is 0.419. The molecule has 1 aliphatic rings. The number of rotatable bonds is 9. The van der Waals surface area contributed by atoms with Gasteiger partial charge in [-0.1, -0.05) is 79.8 Å². The summed E-state index contributed by atoms with van der Waals surface area (Å²) in [5.74, 6) is 17.6. The maximum atomic E-state index is 13.4. The molecule has 1 heterocycles. The molecule has 3 rings (SSSR count). The van der Waals surface area contributed by atoms with Crippen LogP contribution in [0.15, 0.2) is 65.7 Å². The molecule has 0 radical (unpaired) electrons. The SMILES string of the molecule is C=C(CC(NS(=C)(=C)C)c1ccc(C)cc1)N1CCC(C(C)(C)S(=C)(=C)c2cccc(C(F)(F)F)c2)CC1. The number of alkyl halides is 3. The molecular weight excluding hydrogens is 521 g/mol. The zero-order valence-electron chi connectivity index (χ0n) is 23.2. The minimum absolute atomic E-state index is 0.0740. The molecule has 0 saturated carbocycles. The smallest absolute Gasteiger partial charge is 0.375 e. The Balaban J connectivity index is 1.72. The number of nitrogens with zero attached hydrogens (tertiary/aromatic N) is 1. The molecule has 1 atom stereocenters. The lowest BCUT2D eigenvalue weighted by Crippen LogP contribution is -2.41. The van der Waals surface area contributed by atoms with Crippen LogP contribution in [-0.4, -0.2) is 52.5 Å². The van der Waals surface area contributed by atoms with Crippen molar-refractivity contribution in [1.29, 1.82) is 0 Å². The predicted octanol–water partition coefficient (Wildman–Crippen LogP) is 7.98. The van der Waals surface area contributed by atoms with Crippen molar-refractivity contribution >= 4 is 42.1 Å². The second-order valence-corrected chi connectivity index (χ2v) is 17.5. The van der Waals surface area contributed by atoms with Crippen LogP contribution in [-0.2, 0) is 6.18 Å². The maximum Gasteiger partial charge on any atom is 0.416 e. The van der Waals surface area contributed by atoms with E-state index in [0.29, 0.717) is 10.8 Å². The fourth-order valence-electron chi connectivity index (χ4n) is 5.16. The Morgan fingerprint density at radius 2 is 1.61 bits per heavy atom. The lowest BCUT2D eigenvalue weighted by atomic mass is 9.85. The molecule has 1 unspecified atom stereocenters. The largest absolute Gasteiger partial charge is 0.416 e. The van der Waals surface area contributed by atoms with Crippen LogP contribution >= 0.6 is 18.6 Å². The van der Waals surface area contributed by atoms with Crippen molar-refractivity contribution in [1.82, 2.24) is 9.62 Å². The molecule has 210 valence electrons. The van der Waals surface area contributed by atoms with Crippen LogP contribution in [0.3, 0.4) is 0 Å². The Hall–Kier alpha value is -2.09. The summed E-state index contributed by atoms with van der Waals surface area (Å²) in [5.41, 5.74) is 2.85. The van der Waals surface area contributed by atoms with E-state index < -0.39 is 30.3 Å². The molecule has 1 N–H and O–H groups in total. The Bertz CT molecular complexity index is 1340. The first kappa shape index (κ1) is 30.5. The van der Waals surface area contributed by atoms with E-state index in [2.05, 4.69) is 84.7 Å². The van der Waals surface area contributed by atoms with Gasteiger partial charge in [-0.3, -0.25) is 4.72 Å². The van der Waals surface area contributed by atoms with Crippen molar-refractivity contribution in [3.8, 4) is 0 Å². The fourth-order valence-corrected chi connectivity index (χ4v) is 8.24. The Labute approximate surface area is 229 Å². The summed E-state index contributed by atoms with van der Waals surface area (Å²) in [7, 11) is -3.43. The zero-order valence-corrected chi connectivity index (χ0v) is 24.9. The molecule has 1 aliphatic heterocycles. The number of aryl methyl sites for hydroxylation is 1. The van der Waals surface area contributed by atoms with Crippen molar-refractivity contribution in [2.24, 2.45) is 5.92 Å². The van der Waals surface area contributed by atoms with Crippen LogP contribution < -0.4 is 4.72 Å². The number of hydrogen-bond donors (Lipinski definition) is 1. The number of nitrogens with one attached hydrogen (secondary N) is 1. The number of likely N-dealkylation sites (tertiary alicyclic amines) is 1. The topological polar surface area (TPSA) is 15.3 Å². The third kappa shape index (κ3) is 7.10. The highest BCUT2D eigenvalue weighted by atomic mass is 32.2. The van der Waals surface area contributed by atoms with E-state index in [0.717, 1.165) is 44.1 Å². The maximum absolute atomic E-state index is 13.4. The van der Waals surface area contributed by atoms with E-state index in [1.54, 1.807) is 6.07 Å². The minimum atomic E-state index is -4.38. The standard InChI is InChI=1S/C31H43F3N2S2/c1-23-13-15-25(16-14-23)29(35-37(5,6)7)21-24(2)36-19-17-26(18-20-36)30(3,4)38(8,9)28-12-10-11-27(22-28)31(32,33)34/h10-16,22,26,29,35H,2,5-6,8-9,17-21H2,1,3-4,7H3. The molecule has 7 heteroatoms. The summed E-state index contributed by atoms with van der Waals surface area (Å²) in [6.07, 6.45) is 0.255. The molecule has 0 aliphatic carbocycles. The van der Waals surface area contributed by atoms with Crippen LogP contribution in [0.4, 0.5) is 13.2 Å². The second-order valence-electron chi connectivity index (χ2n) is 11.4. The number of halogens is 3. The molecule has 2 nitrogen and oxygen atoms in total. The Kier molecular flexibility index (Phi) is 8.96. The molecule has 0 bridgehead atoms. The molecule has 1 saturated heterocycles. The quantitative estimate of drug-likeness (QED) is 0.311. The number of hydrogen-bond acceptors (Lipinski definition) is 2. The summed E-state index contributed by atoms with van der Waals surface area (Å²) in [6, 6.07) is 14.2. The molecule has 38 heavy (non-hydrogen) atoms. The average molecular weight is 565 g/mol. The second kappa shape index (κ2) is 11.2. The van der Waals surface area contributed by atoms with Gasteiger partial charge in [-0.05, 0) is 60.6 Å². The molecule has 1 fully saturated rings. The third-order valence-electron chi connectivity index (χ3n) is 7.89.